The van der Waals surface area contributed by atoms with Gasteiger partial charge in [-0.3, -0.25) is 0 Å². The minimum atomic E-state index is -1.11. The van der Waals surface area contributed by atoms with E-state index in [0.717, 1.165) is 32.7 Å². The van der Waals surface area contributed by atoms with Crippen LogP contribution in [0.25, 0.3) is 21.5 Å². The van der Waals surface area contributed by atoms with Crippen molar-refractivity contribution >= 4 is 33.5 Å². The molecule has 3 rings (SSSR count). The molecule has 26 heavy (non-hydrogen) atoms. The number of aliphatic carboxylic acids is 2. The van der Waals surface area contributed by atoms with E-state index in [1.54, 1.807) is 0 Å². The quantitative estimate of drug-likeness (QED) is 0.325. The molecule has 0 bridgehead atoms. The third-order valence-electron chi connectivity index (χ3n) is 4.27. The Balaban J connectivity index is 0.00000169. The fourth-order valence-electron chi connectivity index (χ4n) is 3.11. The summed E-state index contributed by atoms with van der Waals surface area (Å²) in [4.78, 5) is 21.7. The Morgan fingerprint density at radius 3 is 1.92 bits per heavy atom. The topological polar surface area (TPSA) is 80.3 Å². The fraction of sp³-hybridized carbons (Fsp3) is 0.200. The van der Waals surface area contributed by atoms with Crippen molar-refractivity contribution < 1.29 is 78.9 Å². The van der Waals surface area contributed by atoms with Crippen molar-refractivity contribution in [3.63, 3.8) is 0 Å². The SMILES string of the molecule is O=C([O-])CCc1ccc2cc3ccccc3cc2c1CCC(=O)[O-].[Na+].[Na+]. The molecule has 0 N–H and O–H groups in total. The molecule has 0 radical (unpaired) electrons. The van der Waals surface area contributed by atoms with Crippen LogP contribution in [0.15, 0.2) is 48.5 Å². The van der Waals surface area contributed by atoms with Crippen LogP contribution in [0, 0.1) is 0 Å². The first-order valence-corrected chi connectivity index (χ1v) is 7.87. The van der Waals surface area contributed by atoms with Crippen LogP contribution in [-0.4, -0.2) is 11.9 Å². The van der Waals surface area contributed by atoms with E-state index in [2.05, 4.69) is 6.07 Å². The van der Waals surface area contributed by atoms with E-state index >= 15 is 0 Å². The van der Waals surface area contributed by atoms with Gasteiger partial charge in [-0.25, -0.2) is 0 Å². The van der Waals surface area contributed by atoms with Gasteiger partial charge in [0.25, 0.3) is 0 Å². The van der Waals surface area contributed by atoms with Gasteiger partial charge in [-0.05, 0) is 70.5 Å². The first-order valence-electron chi connectivity index (χ1n) is 7.87. The van der Waals surface area contributed by atoms with Gasteiger partial charge in [0.2, 0.25) is 0 Å². The Kier molecular flexibility index (Phi) is 9.31. The summed E-state index contributed by atoms with van der Waals surface area (Å²) in [5.41, 5.74) is 1.73. The first kappa shape index (κ1) is 23.2. The van der Waals surface area contributed by atoms with Crippen molar-refractivity contribution in [3.8, 4) is 0 Å². The van der Waals surface area contributed by atoms with Gasteiger partial charge in [0.05, 0.1) is 0 Å². The van der Waals surface area contributed by atoms with E-state index in [1.807, 2.05) is 42.5 Å². The molecule has 0 fully saturated rings. The monoisotopic (exact) mass is 366 g/mol. The van der Waals surface area contributed by atoms with Crippen LogP contribution in [-0.2, 0) is 22.4 Å². The molecule has 4 nitrogen and oxygen atoms in total. The first-order chi connectivity index (χ1) is 11.5. The number of aryl methyl sites for hydroxylation is 2. The molecule has 0 spiro atoms. The molecule has 0 aromatic heterocycles. The summed E-state index contributed by atoms with van der Waals surface area (Å²) in [6.07, 6.45) is 0.468. The average Bonchev–Trinajstić information content (AvgIpc) is 2.56. The maximum absolute atomic E-state index is 10.9. The van der Waals surface area contributed by atoms with Crippen molar-refractivity contribution in [2.75, 3.05) is 0 Å². The van der Waals surface area contributed by atoms with Crippen LogP contribution in [0.1, 0.15) is 24.0 Å². The molecule has 6 heteroatoms. The van der Waals surface area contributed by atoms with Gasteiger partial charge in [0, 0.05) is 11.9 Å². The summed E-state index contributed by atoms with van der Waals surface area (Å²) in [5, 5.41) is 25.8. The zero-order valence-corrected chi connectivity index (χ0v) is 19.1. The van der Waals surface area contributed by atoms with Crippen molar-refractivity contribution in [1.29, 1.82) is 0 Å². The van der Waals surface area contributed by atoms with E-state index in [1.165, 1.54) is 0 Å². The number of carbonyl (C=O) groups excluding carboxylic acids is 2. The van der Waals surface area contributed by atoms with Crippen LogP contribution in [0.4, 0.5) is 0 Å². The number of hydrogen-bond donors (Lipinski definition) is 0. The van der Waals surface area contributed by atoms with Crippen LogP contribution in [0.5, 0.6) is 0 Å². The van der Waals surface area contributed by atoms with Gasteiger partial charge < -0.3 is 19.8 Å². The maximum atomic E-state index is 10.9. The Labute approximate surface area is 196 Å². The average molecular weight is 366 g/mol. The molecule has 0 saturated carbocycles. The van der Waals surface area contributed by atoms with Gasteiger partial charge in [-0.2, -0.15) is 0 Å². The second kappa shape index (κ2) is 10.5. The normalized spacial score (nSPS) is 10.2. The van der Waals surface area contributed by atoms with E-state index in [-0.39, 0.29) is 72.0 Å². The standard InChI is InChI=1S/C20H18O4.2Na/c21-19(22)9-7-13-5-6-16-11-14-3-1-2-4-15(14)12-18(16)17(13)8-10-20(23)24;;/h1-6,11-12H,7-10H2,(H,21,22)(H,23,24);;/q;2*+1/p-2. The summed E-state index contributed by atoms with van der Waals surface area (Å²) in [6, 6.07) is 15.9. The molecule has 122 valence electrons. The molecule has 3 aromatic rings. The van der Waals surface area contributed by atoms with Crippen LogP contribution in [0.3, 0.4) is 0 Å². The van der Waals surface area contributed by atoms with E-state index in [0.29, 0.717) is 12.8 Å². The zero-order valence-electron chi connectivity index (χ0n) is 15.1. The molecule has 0 aliphatic heterocycles. The van der Waals surface area contributed by atoms with Crippen molar-refractivity contribution in [2.45, 2.75) is 25.7 Å². The molecule has 0 aliphatic carbocycles. The fourth-order valence-corrected chi connectivity index (χ4v) is 3.11. The molecule has 0 atom stereocenters. The molecule has 0 aliphatic rings. The minimum Gasteiger partial charge on any atom is -0.550 e. The number of carbonyl (C=O) groups is 2. The summed E-state index contributed by atoms with van der Waals surface area (Å²) in [7, 11) is 0. The maximum Gasteiger partial charge on any atom is 1.00 e. The van der Waals surface area contributed by atoms with Gasteiger partial charge in [0.15, 0.2) is 0 Å². The predicted molar refractivity (Wildman–Crippen MR) is 88.1 cm³/mol. The van der Waals surface area contributed by atoms with E-state index in [9.17, 15) is 19.8 Å². The number of rotatable bonds is 6. The van der Waals surface area contributed by atoms with Gasteiger partial charge in [-0.1, -0.05) is 36.4 Å². The second-order valence-electron chi connectivity index (χ2n) is 5.87. The van der Waals surface area contributed by atoms with Gasteiger partial charge >= 0.3 is 59.1 Å². The largest absolute Gasteiger partial charge is 1.00 e. The van der Waals surface area contributed by atoms with Crippen LogP contribution < -0.4 is 69.3 Å². The molecular formula is C20H16Na2O4. The van der Waals surface area contributed by atoms with Crippen LogP contribution in [0.2, 0.25) is 0 Å². The summed E-state index contributed by atoms with van der Waals surface area (Å²) >= 11 is 0. The van der Waals surface area contributed by atoms with Gasteiger partial charge in [0.1, 0.15) is 0 Å². The Bertz CT molecular complexity index is 938. The van der Waals surface area contributed by atoms with Crippen molar-refractivity contribution in [3.05, 3.63) is 59.7 Å². The molecule has 0 saturated heterocycles. The Morgan fingerprint density at radius 2 is 1.31 bits per heavy atom. The number of carboxylic acid groups (broad SMARTS) is 2. The van der Waals surface area contributed by atoms with E-state index < -0.39 is 11.9 Å². The predicted octanol–water partition coefficient (Wildman–Crippen LogP) is -4.63. The molecule has 3 aromatic carbocycles. The van der Waals surface area contributed by atoms with Crippen LogP contribution >= 0.6 is 0 Å². The second-order valence-corrected chi connectivity index (χ2v) is 5.87. The number of benzene rings is 3. The zero-order chi connectivity index (χ0) is 17.1. The number of fused-ring (bicyclic) bond motifs is 2. The third kappa shape index (κ3) is 5.56. The molecule has 0 heterocycles. The van der Waals surface area contributed by atoms with Gasteiger partial charge in [-0.15, -0.1) is 0 Å². The summed E-state index contributed by atoms with van der Waals surface area (Å²) in [6.45, 7) is 0. The summed E-state index contributed by atoms with van der Waals surface area (Å²) in [5.74, 6) is -2.22. The number of hydrogen-bond acceptors (Lipinski definition) is 4. The summed E-state index contributed by atoms with van der Waals surface area (Å²) < 4.78 is 0. The van der Waals surface area contributed by atoms with Crippen molar-refractivity contribution in [2.24, 2.45) is 0 Å². The smallest absolute Gasteiger partial charge is 0.550 e. The van der Waals surface area contributed by atoms with E-state index in [4.69, 9.17) is 0 Å². The number of carboxylic acids is 2. The molecule has 0 amide bonds. The molecule has 0 unspecified atom stereocenters. The Hall–Kier alpha value is -0.880. The van der Waals surface area contributed by atoms with Crippen molar-refractivity contribution in [1.82, 2.24) is 0 Å². The Morgan fingerprint density at radius 1 is 0.731 bits per heavy atom. The third-order valence-corrected chi connectivity index (χ3v) is 4.27. The molecular weight excluding hydrogens is 350 g/mol. The minimum absolute atomic E-state index is 0.